The minimum absolute atomic E-state index is 0.123. The zero-order valence-corrected chi connectivity index (χ0v) is 8.10. The molecule has 0 aromatic heterocycles. The maximum Gasteiger partial charge on any atom is 0.471 e. The maximum atomic E-state index is 11.7. The van der Waals surface area contributed by atoms with Crippen LogP contribution in [-0.4, -0.2) is 29.7 Å². The summed E-state index contributed by atoms with van der Waals surface area (Å²) in [7, 11) is 0. The number of rotatable bonds is 5. The van der Waals surface area contributed by atoms with Crippen molar-refractivity contribution in [1.82, 2.24) is 5.32 Å². The third-order valence-electron chi connectivity index (χ3n) is 1.70. The van der Waals surface area contributed by atoms with Crippen molar-refractivity contribution in [2.24, 2.45) is 5.92 Å². The van der Waals surface area contributed by atoms with Gasteiger partial charge in [0.1, 0.15) is 0 Å². The number of carbonyl (C=O) groups is 2. The molecule has 0 aromatic rings. The van der Waals surface area contributed by atoms with Gasteiger partial charge in [-0.2, -0.15) is 13.2 Å². The summed E-state index contributed by atoms with van der Waals surface area (Å²) in [6, 6.07) is 0. The Balaban J connectivity index is 3.71. The van der Waals surface area contributed by atoms with E-state index in [1.165, 1.54) is 0 Å². The molecular formula is C8H12F3NO3. The first-order valence-electron chi connectivity index (χ1n) is 4.30. The largest absolute Gasteiger partial charge is 0.481 e. The quantitative estimate of drug-likeness (QED) is 0.740. The number of halogens is 3. The highest BCUT2D eigenvalue weighted by Crippen LogP contribution is 2.14. The molecule has 0 aliphatic heterocycles. The van der Waals surface area contributed by atoms with E-state index in [1.807, 2.05) is 0 Å². The second-order valence-electron chi connectivity index (χ2n) is 3.25. The Morgan fingerprint density at radius 1 is 1.40 bits per heavy atom. The molecule has 0 bridgehead atoms. The Morgan fingerprint density at radius 3 is 2.33 bits per heavy atom. The lowest BCUT2D eigenvalue weighted by molar-refractivity contribution is -0.173. The topological polar surface area (TPSA) is 66.4 Å². The van der Waals surface area contributed by atoms with Crippen LogP contribution in [0.5, 0.6) is 0 Å². The summed E-state index contributed by atoms with van der Waals surface area (Å²) in [6.45, 7) is 1.42. The lowest BCUT2D eigenvalue weighted by Crippen LogP contribution is -2.37. The Kier molecular flexibility index (Phi) is 5.10. The molecule has 7 heteroatoms. The first kappa shape index (κ1) is 13.7. The van der Waals surface area contributed by atoms with Crippen LogP contribution in [0.25, 0.3) is 0 Å². The van der Waals surface area contributed by atoms with Gasteiger partial charge in [-0.05, 0) is 12.3 Å². The first-order chi connectivity index (χ1) is 6.73. The summed E-state index contributed by atoms with van der Waals surface area (Å²) < 4.78 is 35.0. The fourth-order valence-corrected chi connectivity index (χ4v) is 0.932. The van der Waals surface area contributed by atoms with Crippen LogP contribution in [0.4, 0.5) is 13.2 Å². The maximum absolute atomic E-state index is 11.7. The van der Waals surface area contributed by atoms with E-state index in [0.29, 0.717) is 0 Å². The van der Waals surface area contributed by atoms with Gasteiger partial charge in [0.05, 0.1) is 0 Å². The molecule has 15 heavy (non-hydrogen) atoms. The molecule has 2 N–H and O–H groups in total. The number of aliphatic carboxylic acids is 1. The average molecular weight is 227 g/mol. The van der Waals surface area contributed by atoms with E-state index >= 15 is 0 Å². The molecule has 0 radical (unpaired) electrons. The molecule has 4 nitrogen and oxygen atoms in total. The number of nitrogens with one attached hydrogen (secondary N) is 1. The molecule has 0 spiro atoms. The number of hydrogen-bond donors (Lipinski definition) is 2. The van der Waals surface area contributed by atoms with Crippen LogP contribution in [-0.2, 0) is 9.59 Å². The predicted molar refractivity (Wildman–Crippen MR) is 45.1 cm³/mol. The van der Waals surface area contributed by atoms with Gasteiger partial charge in [0.2, 0.25) is 0 Å². The number of alkyl halides is 3. The zero-order valence-electron chi connectivity index (χ0n) is 8.10. The van der Waals surface area contributed by atoms with E-state index in [4.69, 9.17) is 5.11 Å². The normalized spacial score (nSPS) is 13.3. The Bertz CT molecular complexity index is 240. The van der Waals surface area contributed by atoms with E-state index in [0.717, 1.165) is 0 Å². The Labute approximate surface area is 84.5 Å². The summed E-state index contributed by atoms with van der Waals surface area (Å²) in [5, 5.41) is 10.0. The Morgan fingerprint density at radius 2 is 1.93 bits per heavy atom. The molecule has 1 unspecified atom stereocenters. The van der Waals surface area contributed by atoms with Gasteiger partial charge in [-0.1, -0.05) is 6.92 Å². The average Bonchev–Trinajstić information content (AvgIpc) is 2.00. The second kappa shape index (κ2) is 5.57. The van der Waals surface area contributed by atoms with Crippen LogP contribution in [0, 0.1) is 5.92 Å². The lowest BCUT2D eigenvalue weighted by Gasteiger charge is -2.10. The highest BCUT2D eigenvalue weighted by molar-refractivity contribution is 5.81. The van der Waals surface area contributed by atoms with Crippen LogP contribution in [0.2, 0.25) is 0 Å². The van der Waals surface area contributed by atoms with Crippen molar-refractivity contribution in [2.45, 2.75) is 25.9 Å². The number of amides is 1. The smallest absolute Gasteiger partial charge is 0.471 e. The van der Waals surface area contributed by atoms with Crippen molar-refractivity contribution in [3.63, 3.8) is 0 Å². The SMILES string of the molecule is CC(CCNC(=O)C(F)(F)F)CC(=O)O. The molecule has 88 valence electrons. The van der Waals surface area contributed by atoms with Gasteiger partial charge in [0.25, 0.3) is 0 Å². The van der Waals surface area contributed by atoms with E-state index in [-0.39, 0.29) is 25.3 Å². The van der Waals surface area contributed by atoms with Crippen molar-refractivity contribution in [3.05, 3.63) is 0 Å². The molecule has 0 saturated carbocycles. The minimum atomic E-state index is -4.88. The van der Waals surface area contributed by atoms with Gasteiger partial charge < -0.3 is 10.4 Å². The van der Waals surface area contributed by atoms with Gasteiger partial charge in [0.15, 0.2) is 0 Å². The summed E-state index contributed by atoms with van der Waals surface area (Å²) >= 11 is 0. The van der Waals surface area contributed by atoms with Gasteiger partial charge in [-0.3, -0.25) is 9.59 Å². The minimum Gasteiger partial charge on any atom is -0.481 e. The fraction of sp³-hybridized carbons (Fsp3) is 0.750. The molecule has 0 fully saturated rings. The number of carbonyl (C=O) groups excluding carboxylic acids is 1. The van der Waals surface area contributed by atoms with Crippen molar-refractivity contribution in [3.8, 4) is 0 Å². The number of carboxylic acid groups (broad SMARTS) is 1. The lowest BCUT2D eigenvalue weighted by atomic mass is 10.0. The van der Waals surface area contributed by atoms with Crippen LogP contribution < -0.4 is 5.32 Å². The molecular weight excluding hydrogens is 215 g/mol. The molecule has 0 aromatic carbocycles. The first-order valence-corrected chi connectivity index (χ1v) is 4.30. The summed E-state index contributed by atoms with van der Waals surface area (Å²) in [4.78, 5) is 20.5. The van der Waals surface area contributed by atoms with Gasteiger partial charge in [-0.25, -0.2) is 0 Å². The van der Waals surface area contributed by atoms with E-state index < -0.39 is 18.1 Å². The van der Waals surface area contributed by atoms with Gasteiger partial charge in [0, 0.05) is 13.0 Å². The van der Waals surface area contributed by atoms with Crippen LogP contribution >= 0.6 is 0 Å². The van der Waals surface area contributed by atoms with Crippen LogP contribution in [0.3, 0.4) is 0 Å². The van der Waals surface area contributed by atoms with Gasteiger partial charge >= 0.3 is 18.1 Å². The number of hydrogen-bond acceptors (Lipinski definition) is 2. The van der Waals surface area contributed by atoms with Crippen molar-refractivity contribution < 1.29 is 27.9 Å². The molecule has 0 rings (SSSR count). The predicted octanol–water partition coefficient (Wildman–Crippen LogP) is 1.17. The summed E-state index contributed by atoms with van der Waals surface area (Å²) in [5.74, 6) is -3.27. The zero-order chi connectivity index (χ0) is 12.1. The van der Waals surface area contributed by atoms with Crippen LogP contribution in [0.15, 0.2) is 0 Å². The summed E-state index contributed by atoms with van der Waals surface area (Å²) in [5.41, 5.74) is 0. The standard InChI is InChI=1S/C8H12F3NO3/c1-5(4-6(13)14)2-3-12-7(15)8(9,10)11/h5H,2-4H2,1H3,(H,12,15)(H,13,14). The van der Waals surface area contributed by atoms with E-state index in [1.54, 1.807) is 12.2 Å². The second-order valence-corrected chi connectivity index (χ2v) is 3.25. The third-order valence-corrected chi connectivity index (χ3v) is 1.70. The van der Waals surface area contributed by atoms with Crippen molar-refractivity contribution in [1.29, 1.82) is 0 Å². The van der Waals surface area contributed by atoms with Gasteiger partial charge in [-0.15, -0.1) is 0 Å². The third kappa shape index (κ3) is 6.75. The van der Waals surface area contributed by atoms with Crippen molar-refractivity contribution in [2.75, 3.05) is 6.54 Å². The summed E-state index contributed by atoms with van der Waals surface area (Å²) in [6.07, 6.45) is -4.80. The molecule has 0 heterocycles. The molecule has 0 saturated heterocycles. The monoisotopic (exact) mass is 227 g/mol. The molecule has 0 aliphatic rings. The van der Waals surface area contributed by atoms with E-state index in [2.05, 4.69) is 0 Å². The Hall–Kier alpha value is -1.27. The van der Waals surface area contributed by atoms with E-state index in [9.17, 15) is 22.8 Å². The molecule has 1 atom stereocenters. The number of carboxylic acids is 1. The highest BCUT2D eigenvalue weighted by atomic mass is 19.4. The molecule has 0 aliphatic carbocycles. The van der Waals surface area contributed by atoms with Crippen LogP contribution in [0.1, 0.15) is 19.8 Å². The molecule has 1 amide bonds. The highest BCUT2D eigenvalue weighted by Gasteiger charge is 2.38. The van der Waals surface area contributed by atoms with Crippen molar-refractivity contribution >= 4 is 11.9 Å². The fourth-order valence-electron chi connectivity index (χ4n) is 0.932.